The summed E-state index contributed by atoms with van der Waals surface area (Å²) >= 11 is 0. The van der Waals surface area contributed by atoms with Crippen molar-refractivity contribution in [2.75, 3.05) is 11.5 Å². The van der Waals surface area contributed by atoms with E-state index in [1.54, 1.807) is 0 Å². The molecule has 0 aromatic rings. The predicted molar refractivity (Wildman–Crippen MR) is 50.2 cm³/mol. The number of rotatable bonds is 0. The van der Waals surface area contributed by atoms with Crippen molar-refractivity contribution >= 4 is 22.2 Å². The van der Waals surface area contributed by atoms with Gasteiger partial charge in [-0.2, -0.15) is 0 Å². The van der Waals surface area contributed by atoms with Crippen LogP contribution in [0.1, 0.15) is 19.3 Å². The second-order valence-corrected chi connectivity index (χ2v) is 5.99. The van der Waals surface area contributed by atoms with Crippen LogP contribution < -0.4 is 5.73 Å². The van der Waals surface area contributed by atoms with Gasteiger partial charge in [0.25, 0.3) is 0 Å². The molecule has 5 heteroatoms. The highest BCUT2D eigenvalue weighted by Gasteiger charge is 2.49. The van der Waals surface area contributed by atoms with Gasteiger partial charge in [0, 0.05) is 5.54 Å². The molecular weight excluding hydrogens is 198 g/mol. The van der Waals surface area contributed by atoms with E-state index in [-0.39, 0.29) is 29.6 Å². The van der Waals surface area contributed by atoms with Gasteiger partial charge in [0.05, 0.1) is 11.5 Å². The van der Waals surface area contributed by atoms with Crippen molar-refractivity contribution in [1.29, 1.82) is 0 Å². The maximum atomic E-state index is 11.2. The van der Waals surface area contributed by atoms with E-state index in [0.29, 0.717) is 5.75 Å². The van der Waals surface area contributed by atoms with Crippen LogP contribution >= 0.6 is 12.4 Å². The summed E-state index contributed by atoms with van der Waals surface area (Å²) in [6.07, 6.45) is 3.02. The standard InChI is InChI=1S/C7H13NO2S.ClH/c8-7-3-1-2-6(7)4-11(9,10)5-7;/h6H,1-5,8H2;1H. The van der Waals surface area contributed by atoms with E-state index in [1.807, 2.05) is 0 Å². The van der Waals surface area contributed by atoms with Crippen molar-refractivity contribution in [3.05, 3.63) is 0 Å². The Morgan fingerprint density at radius 1 is 1.42 bits per heavy atom. The van der Waals surface area contributed by atoms with Crippen LogP contribution in [0, 0.1) is 5.92 Å². The molecule has 1 saturated carbocycles. The highest BCUT2D eigenvalue weighted by molar-refractivity contribution is 7.91. The Morgan fingerprint density at radius 3 is 2.67 bits per heavy atom. The van der Waals surface area contributed by atoms with Crippen LogP contribution in [0.2, 0.25) is 0 Å². The van der Waals surface area contributed by atoms with Crippen LogP contribution in [-0.2, 0) is 9.84 Å². The molecule has 2 aliphatic rings. The van der Waals surface area contributed by atoms with Crippen LogP contribution in [0.5, 0.6) is 0 Å². The van der Waals surface area contributed by atoms with Gasteiger partial charge in [-0.25, -0.2) is 8.42 Å². The van der Waals surface area contributed by atoms with Gasteiger partial charge in [0.1, 0.15) is 0 Å². The number of halogens is 1. The fourth-order valence-corrected chi connectivity index (χ4v) is 4.81. The summed E-state index contributed by atoms with van der Waals surface area (Å²) in [5, 5.41) is 0. The van der Waals surface area contributed by atoms with Crippen molar-refractivity contribution in [2.45, 2.75) is 24.8 Å². The largest absolute Gasteiger partial charge is 0.324 e. The van der Waals surface area contributed by atoms with E-state index in [4.69, 9.17) is 5.73 Å². The molecule has 0 spiro atoms. The Balaban J connectivity index is 0.000000720. The van der Waals surface area contributed by atoms with Crippen molar-refractivity contribution in [3.8, 4) is 0 Å². The number of sulfone groups is 1. The van der Waals surface area contributed by atoms with Gasteiger partial charge >= 0.3 is 0 Å². The Kier molecular flexibility index (Phi) is 2.45. The monoisotopic (exact) mass is 211 g/mol. The van der Waals surface area contributed by atoms with E-state index < -0.39 is 9.84 Å². The summed E-state index contributed by atoms with van der Waals surface area (Å²) in [5.41, 5.74) is 5.61. The van der Waals surface area contributed by atoms with Gasteiger partial charge in [-0.15, -0.1) is 12.4 Å². The Bertz CT molecular complexity index is 277. The lowest BCUT2D eigenvalue weighted by molar-refractivity contribution is 0.404. The molecule has 0 bridgehead atoms. The average Bonchev–Trinajstić information content (AvgIpc) is 2.16. The van der Waals surface area contributed by atoms with Crippen LogP contribution in [0.15, 0.2) is 0 Å². The third-order valence-electron chi connectivity index (χ3n) is 2.95. The highest BCUT2D eigenvalue weighted by atomic mass is 35.5. The van der Waals surface area contributed by atoms with Gasteiger partial charge in [-0.1, -0.05) is 6.42 Å². The fourth-order valence-electron chi connectivity index (χ4n) is 2.38. The number of hydrogen-bond donors (Lipinski definition) is 1. The fraction of sp³-hybridized carbons (Fsp3) is 1.00. The maximum absolute atomic E-state index is 11.2. The summed E-state index contributed by atoms with van der Waals surface area (Å²) in [6, 6.07) is 0. The molecule has 1 aliphatic heterocycles. The molecule has 0 radical (unpaired) electrons. The molecule has 2 fully saturated rings. The molecule has 0 amide bonds. The molecule has 3 nitrogen and oxygen atoms in total. The molecule has 1 heterocycles. The number of fused-ring (bicyclic) bond motifs is 1. The van der Waals surface area contributed by atoms with Crippen molar-refractivity contribution < 1.29 is 8.42 Å². The lowest BCUT2D eigenvalue weighted by Crippen LogP contribution is -2.43. The Morgan fingerprint density at radius 2 is 2.08 bits per heavy atom. The summed E-state index contributed by atoms with van der Waals surface area (Å²) in [6.45, 7) is 0. The Labute approximate surface area is 79.0 Å². The highest BCUT2D eigenvalue weighted by Crippen LogP contribution is 2.40. The molecule has 1 aliphatic carbocycles. The number of hydrogen-bond acceptors (Lipinski definition) is 3. The molecule has 2 rings (SSSR count). The number of nitrogens with two attached hydrogens (primary N) is 1. The zero-order chi connectivity index (χ0) is 8.11. The molecular formula is C7H14ClNO2S. The normalized spacial score (nSPS) is 43.6. The Hall–Kier alpha value is 0.200. The maximum Gasteiger partial charge on any atom is 0.152 e. The molecule has 72 valence electrons. The topological polar surface area (TPSA) is 60.2 Å². The lowest BCUT2D eigenvalue weighted by atomic mass is 9.92. The van der Waals surface area contributed by atoms with Crippen LogP contribution in [0.3, 0.4) is 0 Å². The van der Waals surface area contributed by atoms with E-state index in [0.717, 1.165) is 19.3 Å². The summed E-state index contributed by atoms with van der Waals surface area (Å²) < 4.78 is 22.3. The molecule has 1 saturated heterocycles. The van der Waals surface area contributed by atoms with Crippen LogP contribution in [0.4, 0.5) is 0 Å². The van der Waals surface area contributed by atoms with Crippen molar-refractivity contribution in [3.63, 3.8) is 0 Å². The SMILES string of the molecule is Cl.NC12CCCC1CS(=O)(=O)C2. The summed E-state index contributed by atoms with van der Waals surface area (Å²) in [7, 11) is -2.79. The minimum Gasteiger partial charge on any atom is -0.324 e. The van der Waals surface area contributed by atoms with E-state index in [2.05, 4.69) is 0 Å². The van der Waals surface area contributed by atoms with E-state index in [9.17, 15) is 8.42 Å². The second kappa shape index (κ2) is 2.86. The van der Waals surface area contributed by atoms with Gasteiger partial charge < -0.3 is 5.73 Å². The lowest BCUT2D eigenvalue weighted by Gasteiger charge is -2.20. The minimum absolute atomic E-state index is 0. The first-order valence-corrected chi connectivity index (χ1v) is 5.83. The van der Waals surface area contributed by atoms with E-state index >= 15 is 0 Å². The van der Waals surface area contributed by atoms with Gasteiger partial charge in [-0.3, -0.25) is 0 Å². The predicted octanol–water partition coefficient (Wildman–Crippen LogP) is 0.334. The van der Waals surface area contributed by atoms with Crippen LogP contribution in [0.25, 0.3) is 0 Å². The van der Waals surface area contributed by atoms with Gasteiger partial charge in [0.15, 0.2) is 9.84 Å². The van der Waals surface area contributed by atoms with Crippen molar-refractivity contribution in [1.82, 2.24) is 0 Å². The molecule has 2 atom stereocenters. The van der Waals surface area contributed by atoms with E-state index in [1.165, 1.54) is 0 Å². The molecule has 12 heavy (non-hydrogen) atoms. The zero-order valence-electron chi connectivity index (χ0n) is 6.82. The zero-order valence-corrected chi connectivity index (χ0v) is 8.46. The molecule has 2 N–H and O–H groups in total. The first kappa shape index (κ1) is 10.3. The molecule has 0 aromatic heterocycles. The molecule has 2 unspecified atom stereocenters. The third kappa shape index (κ3) is 1.47. The van der Waals surface area contributed by atoms with Crippen molar-refractivity contribution in [2.24, 2.45) is 11.7 Å². The smallest absolute Gasteiger partial charge is 0.152 e. The quantitative estimate of drug-likeness (QED) is 0.629. The van der Waals surface area contributed by atoms with Crippen LogP contribution in [-0.4, -0.2) is 25.5 Å². The first-order valence-electron chi connectivity index (χ1n) is 4.01. The first-order chi connectivity index (χ1) is 5.02. The third-order valence-corrected chi connectivity index (χ3v) is 4.84. The summed E-state index contributed by atoms with van der Waals surface area (Å²) in [4.78, 5) is 0. The minimum atomic E-state index is -2.79. The van der Waals surface area contributed by atoms with Gasteiger partial charge in [-0.05, 0) is 18.8 Å². The average molecular weight is 212 g/mol. The molecule has 0 aromatic carbocycles. The summed E-state index contributed by atoms with van der Waals surface area (Å²) in [5.74, 6) is 0.821. The van der Waals surface area contributed by atoms with Gasteiger partial charge in [0.2, 0.25) is 0 Å². The second-order valence-electron chi connectivity index (χ2n) is 3.88.